The van der Waals surface area contributed by atoms with Crippen LogP contribution in [0.25, 0.3) is 0 Å². The number of carbonyl (C=O) groups is 3. The molecule has 27 heavy (non-hydrogen) atoms. The Bertz CT molecular complexity index is 860. The van der Waals surface area contributed by atoms with Crippen molar-refractivity contribution in [2.45, 2.75) is 32.9 Å². The summed E-state index contributed by atoms with van der Waals surface area (Å²) in [6.07, 6.45) is 0.389. The van der Waals surface area contributed by atoms with Gasteiger partial charge in [0.25, 0.3) is 11.8 Å². The Morgan fingerprint density at radius 1 is 1.00 bits per heavy atom. The van der Waals surface area contributed by atoms with Crippen LogP contribution in [0.3, 0.4) is 0 Å². The molecule has 1 heterocycles. The number of hydrogen-bond donors (Lipinski definition) is 1. The Kier molecular flexibility index (Phi) is 5.61. The molecule has 0 aromatic heterocycles. The van der Waals surface area contributed by atoms with Gasteiger partial charge in [-0.25, -0.2) is 0 Å². The number of amides is 3. The van der Waals surface area contributed by atoms with Crippen molar-refractivity contribution in [3.05, 3.63) is 70.2 Å². The summed E-state index contributed by atoms with van der Waals surface area (Å²) in [7, 11) is 0. The molecule has 0 spiro atoms. The fourth-order valence-corrected chi connectivity index (χ4v) is 3.41. The number of hydrogen-bond acceptors (Lipinski definition) is 3. The van der Waals surface area contributed by atoms with Gasteiger partial charge in [0, 0.05) is 11.6 Å². The zero-order valence-electron chi connectivity index (χ0n) is 15.2. The minimum absolute atomic E-state index is 0.130. The predicted octanol–water partition coefficient (Wildman–Crippen LogP) is 3.67. The Morgan fingerprint density at radius 2 is 1.56 bits per heavy atom. The number of nitrogens with one attached hydrogen (secondary N) is 1. The van der Waals surface area contributed by atoms with Crippen molar-refractivity contribution in [1.82, 2.24) is 10.2 Å². The first-order chi connectivity index (χ1) is 12.9. The lowest BCUT2D eigenvalue weighted by Gasteiger charge is -2.26. The number of fused-ring (bicyclic) bond motifs is 1. The van der Waals surface area contributed by atoms with Crippen LogP contribution in [0, 0.1) is 5.92 Å². The number of imide groups is 1. The molecule has 0 bridgehead atoms. The first-order valence-corrected chi connectivity index (χ1v) is 9.26. The van der Waals surface area contributed by atoms with Crippen LogP contribution in [0.1, 0.15) is 46.5 Å². The van der Waals surface area contributed by atoms with Crippen LogP contribution in [-0.4, -0.2) is 28.7 Å². The molecule has 3 amide bonds. The molecule has 1 N–H and O–H groups in total. The van der Waals surface area contributed by atoms with E-state index in [2.05, 4.69) is 5.32 Å². The summed E-state index contributed by atoms with van der Waals surface area (Å²) in [6.45, 7) is 4.13. The normalized spacial score (nSPS) is 14.4. The van der Waals surface area contributed by atoms with Crippen LogP contribution in [0.4, 0.5) is 0 Å². The van der Waals surface area contributed by atoms with Crippen LogP contribution in [0.2, 0.25) is 5.02 Å². The van der Waals surface area contributed by atoms with Gasteiger partial charge in [-0.15, -0.1) is 0 Å². The number of benzene rings is 2. The first-order valence-electron chi connectivity index (χ1n) is 8.88. The molecule has 0 unspecified atom stereocenters. The lowest BCUT2D eigenvalue weighted by atomic mass is 10.0. The fraction of sp³-hybridized carbons (Fsp3) is 0.286. The first kappa shape index (κ1) is 19.1. The summed E-state index contributed by atoms with van der Waals surface area (Å²) in [5.74, 6) is -1.08. The Balaban J connectivity index is 1.82. The van der Waals surface area contributed by atoms with Crippen molar-refractivity contribution >= 4 is 29.3 Å². The van der Waals surface area contributed by atoms with E-state index in [0.29, 0.717) is 22.6 Å². The number of rotatable bonds is 6. The molecule has 0 radical (unpaired) electrons. The summed E-state index contributed by atoms with van der Waals surface area (Å²) in [6, 6.07) is 13.0. The van der Waals surface area contributed by atoms with Gasteiger partial charge in [-0.1, -0.05) is 55.8 Å². The van der Waals surface area contributed by atoms with Gasteiger partial charge in [-0.2, -0.15) is 0 Å². The average molecular weight is 385 g/mol. The van der Waals surface area contributed by atoms with E-state index in [9.17, 15) is 14.4 Å². The Hall–Kier alpha value is -2.66. The summed E-state index contributed by atoms with van der Waals surface area (Å²) < 4.78 is 0. The highest BCUT2D eigenvalue weighted by molar-refractivity contribution is 6.31. The van der Waals surface area contributed by atoms with Gasteiger partial charge in [0.05, 0.1) is 11.1 Å². The van der Waals surface area contributed by atoms with Gasteiger partial charge in [-0.05, 0) is 36.1 Å². The molecule has 140 valence electrons. The molecule has 3 rings (SSSR count). The summed E-state index contributed by atoms with van der Waals surface area (Å²) in [5.41, 5.74) is 1.46. The third-order valence-electron chi connectivity index (χ3n) is 4.55. The number of carbonyl (C=O) groups excluding carboxylic acids is 3. The molecule has 0 saturated heterocycles. The standard InChI is InChI=1S/C21H21ClN2O3/c1-13(2)11-18(19(25)23-12-14-7-3-6-10-17(14)22)24-20(26)15-8-4-5-9-16(15)21(24)27/h3-10,13,18H,11-12H2,1-2H3,(H,23,25)/t18-/m1/s1. The molecule has 2 aromatic carbocycles. The highest BCUT2D eigenvalue weighted by Crippen LogP contribution is 2.27. The van der Waals surface area contributed by atoms with Crippen molar-refractivity contribution in [3.8, 4) is 0 Å². The Labute approximate surface area is 163 Å². The van der Waals surface area contributed by atoms with Crippen LogP contribution < -0.4 is 5.32 Å². The van der Waals surface area contributed by atoms with E-state index >= 15 is 0 Å². The maximum Gasteiger partial charge on any atom is 0.262 e. The minimum atomic E-state index is -0.861. The van der Waals surface area contributed by atoms with Crippen molar-refractivity contribution < 1.29 is 14.4 Å². The van der Waals surface area contributed by atoms with Gasteiger partial charge in [-0.3, -0.25) is 19.3 Å². The lowest BCUT2D eigenvalue weighted by Crippen LogP contribution is -2.50. The van der Waals surface area contributed by atoms with Gasteiger partial charge in [0.15, 0.2) is 0 Å². The van der Waals surface area contributed by atoms with E-state index in [1.54, 1.807) is 30.3 Å². The number of halogens is 1. The second kappa shape index (κ2) is 7.92. The minimum Gasteiger partial charge on any atom is -0.350 e. The molecule has 0 saturated carbocycles. The van der Waals surface area contributed by atoms with Crippen LogP contribution in [-0.2, 0) is 11.3 Å². The second-order valence-corrected chi connectivity index (χ2v) is 7.39. The molecular weight excluding hydrogens is 364 g/mol. The highest BCUT2D eigenvalue weighted by Gasteiger charge is 2.42. The van der Waals surface area contributed by atoms with Gasteiger partial charge in [0.1, 0.15) is 6.04 Å². The van der Waals surface area contributed by atoms with E-state index < -0.39 is 17.9 Å². The Morgan fingerprint density at radius 3 is 2.11 bits per heavy atom. The zero-order valence-corrected chi connectivity index (χ0v) is 16.0. The summed E-state index contributed by atoms with van der Waals surface area (Å²) >= 11 is 6.14. The smallest absolute Gasteiger partial charge is 0.262 e. The van der Waals surface area contributed by atoms with Crippen molar-refractivity contribution in [2.75, 3.05) is 0 Å². The van der Waals surface area contributed by atoms with Gasteiger partial charge < -0.3 is 5.32 Å². The molecular formula is C21H21ClN2O3. The molecule has 1 aliphatic heterocycles. The molecule has 5 nitrogen and oxygen atoms in total. The topological polar surface area (TPSA) is 66.5 Å². The number of nitrogens with zero attached hydrogens (tertiary/aromatic N) is 1. The van der Waals surface area contributed by atoms with Crippen molar-refractivity contribution in [1.29, 1.82) is 0 Å². The van der Waals surface area contributed by atoms with E-state index in [0.717, 1.165) is 10.5 Å². The van der Waals surface area contributed by atoms with E-state index in [-0.39, 0.29) is 18.4 Å². The molecule has 2 aromatic rings. The van der Waals surface area contributed by atoms with Crippen molar-refractivity contribution in [3.63, 3.8) is 0 Å². The SMILES string of the molecule is CC(C)C[C@H](C(=O)NCc1ccccc1Cl)N1C(=O)c2ccccc2C1=O. The van der Waals surface area contributed by atoms with E-state index in [4.69, 9.17) is 11.6 Å². The van der Waals surface area contributed by atoms with Gasteiger partial charge in [0.2, 0.25) is 5.91 Å². The molecule has 0 aliphatic carbocycles. The van der Waals surface area contributed by atoms with Crippen molar-refractivity contribution in [2.24, 2.45) is 5.92 Å². The monoisotopic (exact) mass is 384 g/mol. The molecule has 1 aliphatic rings. The average Bonchev–Trinajstić information content (AvgIpc) is 2.90. The summed E-state index contributed by atoms with van der Waals surface area (Å²) in [5, 5.41) is 3.38. The van der Waals surface area contributed by atoms with Crippen LogP contribution in [0.15, 0.2) is 48.5 Å². The molecule has 6 heteroatoms. The molecule has 1 atom stereocenters. The zero-order chi connectivity index (χ0) is 19.6. The maximum atomic E-state index is 12.9. The third kappa shape index (κ3) is 3.88. The lowest BCUT2D eigenvalue weighted by molar-refractivity contribution is -0.125. The van der Waals surface area contributed by atoms with Gasteiger partial charge >= 0.3 is 0 Å². The summed E-state index contributed by atoms with van der Waals surface area (Å²) in [4.78, 5) is 39.5. The van der Waals surface area contributed by atoms with E-state index in [1.807, 2.05) is 32.0 Å². The van der Waals surface area contributed by atoms with Crippen LogP contribution in [0.5, 0.6) is 0 Å². The highest BCUT2D eigenvalue weighted by atomic mass is 35.5. The third-order valence-corrected chi connectivity index (χ3v) is 4.91. The van der Waals surface area contributed by atoms with E-state index in [1.165, 1.54) is 0 Å². The predicted molar refractivity (Wildman–Crippen MR) is 103 cm³/mol. The molecule has 0 fully saturated rings. The maximum absolute atomic E-state index is 12.9. The van der Waals surface area contributed by atoms with Crippen LogP contribution >= 0.6 is 11.6 Å². The fourth-order valence-electron chi connectivity index (χ4n) is 3.21. The quantitative estimate of drug-likeness (QED) is 0.773. The largest absolute Gasteiger partial charge is 0.350 e. The second-order valence-electron chi connectivity index (χ2n) is 6.98.